The molecule has 1 saturated heterocycles. The van der Waals surface area contributed by atoms with E-state index in [9.17, 15) is 13.2 Å². The number of aromatic nitrogens is 2. The van der Waals surface area contributed by atoms with E-state index in [0.717, 1.165) is 32.7 Å². The number of amides is 1. The Morgan fingerprint density at radius 1 is 1.24 bits per heavy atom. The third-order valence-electron chi connectivity index (χ3n) is 5.87. The summed E-state index contributed by atoms with van der Waals surface area (Å²) in [4.78, 5) is 24.4. The number of carbonyl (C=O) groups excluding carboxylic acids is 1. The molecular formula is C23H21ClN4O3S3. The van der Waals surface area contributed by atoms with Crippen LogP contribution in [0.25, 0.3) is 10.2 Å². The summed E-state index contributed by atoms with van der Waals surface area (Å²) in [7, 11) is -3.76. The Morgan fingerprint density at radius 3 is 2.76 bits per heavy atom. The highest BCUT2D eigenvalue weighted by Gasteiger charge is 2.42. The van der Waals surface area contributed by atoms with E-state index in [-0.39, 0.29) is 16.7 Å². The zero-order chi connectivity index (χ0) is 23.9. The van der Waals surface area contributed by atoms with Crippen LogP contribution in [0.5, 0.6) is 0 Å². The molecule has 1 aliphatic rings. The van der Waals surface area contributed by atoms with Crippen molar-refractivity contribution >= 4 is 65.6 Å². The van der Waals surface area contributed by atoms with Gasteiger partial charge in [0.25, 0.3) is 10.0 Å². The fourth-order valence-corrected chi connectivity index (χ4v) is 8.05. The average Bonchev–Trinajstić information content (AvgIpc) is 3.61. The SMILES string of the molecule is Cc1c(Cl)ccc2sc(N(Cc3ccncc3)C(=O)C3CCCN3S(=O)(=O)c3cccs3)nc12. The Bertz CT molecular complexity index is 1440. The van der Waals surface area contributed by atoms with Crippen molar-refractivity contribution in [1.29, 1.82) is 0 Å². The smallest absolute Gasteiger partial charge is 0.253 e. The van der Waals surface area contributed by atoms with Gasteiger partial charge in [0.15, 0.2) is 5.13 Å². The molecule has 1 fully saturated rings. The highest BCUT2D eigenvalue weighted by molar-refractivity contribution is 7.91. The number of halogens is 1. The summed E-state index contributed by atoms with van der Waals surface area (Å²) >= 11 is 8.85. The molecule has 0 saturated carbocycles. The lowest BCUT2D eigenvalue weighted by molar-refractivity contribution is -0.121. The van der Waals surface area contributed by atoms with Gasteiger partial charge in [-0.2, -0.15) is 4.31 Å². The standard InChI is InChI=1S/C23H21ClN4O3S3/c1-15-17(24)6-7-19-21(15)26-23(33-19)27(14-16-8-10-25-11-9-16)22(29)18-4-2-12-28(18)34(30,31)20-5-3-13-32-20/h3,5-11,13,18H,2,4,12,14H2,1H3. The van der Waals surface area contributed by atoms with Gasteiger partial charge < -0.3 is 0 Å². The number of benzene rings is 1. The molecule has 7 nitrogen and oxygen atoms in total. The molecule has 176 valence electrons. The van der Waals surface area contributed by atoms with Crippen molar-refractivity contribution in [3.63, 3.8) is 0 Å². The number of pyridine rings is 1. The van der Waals surface area contributed by atoms with Crippen molar-refractivity contribution in [3.05, 3.63) is 70.3 Å². The van der Waals surface area contributed by atoms with Gasteiger partial charge in [-0.15, -0.1) is 11.3 Å². The Hall–Kier alpha value is -2.37. The summed E-state index contributed by atoms with van der Waals surface area (Å²) in [6.07, 6.45) is 4.43. The van der Waals surface area contributed by atoms with Gasteiger partial charge in [0.2, 0.25) is 5.91 Å². The fraction of sp³-hybridized carbons (Fsp3) is 0.261. The Balaban J connectivity index is 1.55. The normalized spacial score (nSPS) is 16.8. The lowest BCUT2D eigenvalue weighted by Crippen LogP contribution is -2.47. The van der Waals surface area contributed by atoms with Crippen molar-refractivity contribution < 1.29 is 13.2 Å². The minimum Gasteiger partial charge on any atom is -0.282 e. The molecule has 34 heavy (non-hydrogen) atoms. The average molecular weight is 533 g/mol. The Morgan fingerprint density at radius 2 is 2.03 bits per heavy atom. The zero-order valence-corrected chi connectivity index (χ0v) is 21.4. The van der Waals surface area contributed by atoms with Gasteiger partial charge in [-0.25, -0.2) is 13.4 Å². The van der Waals surface area contributed by atoms with Crippen LogP contribution in [-0.4, -0.2) is 41.2 Å². The summed E-state index contributed by atoms with van der Waals surface area (Å²) in [6, 6.07) is 9.89. The highest BCUT2D eigenvalue weighted by Crippen LogP contribution is 2.36. The van der Waals surface area contributed by atoms with Gasteiger partial charge in [0.05, 0.1) is 16.8 Å². The molecule has 0 radical (unpaired) electrons. The molecular weight excluding hydrogens is 512 g/mol. The van der Waals surface area contributed by atoms with E-state index in [4.69, 9.17) is 16.6 Å². The first-order valence-electron chi connectivity index (χ1n) is 10.7. The topological polar surface area (TPSA) is 83.5 Å². The highest BCUT2D eigenvalue weighted by atomic mass is 35.5. The molecule has 5 rings (SSSR count). The third kappa shape index (κ3) is 4.25. The van der Waals surface area contributed by atoms with Gasteiger partial charge >= 0.3 is 0 Å². The molecule has 0 aliphatic carbocycles. The van der Waals surface area contributed by atoms with Crippen LogP contribution in [0.1, 0.15) is 24.0 Å². The van der Waals surface area contributed by atoms with E-state index in [0.29, 0.717) is 29.5 Å². The van der Waals surface area contributed by atoms with Crippen LogP contribution in [0.4, 0.5) is 5.13 Å². The van der Waals surface area contributed by atoms with Crippen LogP contribution in [0, 0.1) is 6.92 Å². The molecule has 0 spiro atoms. The van der Waals surface area contributed by atoms with Crippen molar-refractivity contribution in [2.75, 3.05) is 11.4 Å². The fourth-order valence-electron chi connectivity index (χ4n) is 4.10. The van der Waals surface area contributed by atoms with Crippen LogP contribution < -0.4 is 4.90 Å². The lowest BCUT2D eigenvalue weighted by atomic mass is 10.2. The molecule has 1 amide bonds. The van der Waals surface area contributed by atoms with Crippen molar-refractivity contribution in [2.24, 2.45) is 0 Å². The van der Waals surface area contributed by atoms with Crippen molar-refractivity contribution in [1.82, 2.24) is 14.3 Å². The number of rotatable bonds is 6. The second-order valence-corrected chi connectivity index (χ2v) is 12.5. The number of hydrogen-bond acceptors (Lipinski definition) is 7. The molecule has 1 atom stereocenters. The Labute approximate surface area is 210 Å². The number of thiazole rings is 1. The van der Waals surface area contributed by atoms with Crippen molar-refractivity contribution in [2.45, 2.75) is 36.6 Å². The van der Waals surface area contributed by atoms with Crippen LogP contribution in [-0.2, 0) is 21.4 Å². The van der Waals surface area contributed by atoms with Gasteiger partial charge in [-0.1, -0.05) is 29.0 Å². The number of fused-ring (bicyclic) bond motifs is 1. The minimum atomic E-state index is -3.76. The number of sulfonamides is 1. The first-order valence-corrected chi connectivity index (χ1v) is 14.2. The predicted octanol–water partition coefficient (Wildman–Crippen LogP) is 5.10. The molecule has 4 aromatic rings. The molecule has 3 aromatic heterocycles. The van der Waals surface area contributed by atoms with Gasteiger partial charge in [0, 0.05) is 24.0 Å². The number of carbonyl (C=O) groups is 1. The van der Waals surface area contributed by atoms with E-state index < -0.39 is 16.1 Å². The number of anilines is 1. The maximum atomic E-state index is 14.0. The summed E-state index contributed by atoms with van der Waals surface area (Å²) < 4.78 is 29.1. The van der Waals surface area contributed by atoms with E-state index in [2.05, 4.69) is 4.98 Å². The summed E-state index contributed by atoms with van der Waals surface area (Å²) in [5.74, 6) is -0.280. The number of thiophene rings is 1. The predicted molar refractivity (Wildman–Crippen MR) is 136 cm³/mol. The third-order valence-corrected chi connectivity index (χ3v) is 10.6. The van der Waals surface area contributed by atoms with Crippen molar-refractivity contribution in [3.8, 4) is 0 Å². The molecule has 0 N–H and O–H groups in total. The van der Waals surface area contributed by atoms with Crippen LogP contribution >= 0.6 is 34.3 Å². The van der Waals surface area contributed by atoms with Gasteiger partial charge in [-0.05, 0) is 66.6 Å². The second-order valence-electron chi connectivity index (χ2n) is 8.00. The minimum absolute atomic E-state index is 0.248. The molecule has 4 heterocycles. The zero-order valence-electron chi connectivity index (χ0n) is 18.2. The first kappa shape index (κ1) is 23.4. The van der Waals surface area contributed by atoms with Crippen LogP contribution in [0.3, 0.4) is 0 Å². The second kappa shape index (κ2) is 9.35. The first-order chi connectivity index (χ1) is 16.4. The van der Waals surface area contributed by atoms with E-state index >= 15 is 0 Å². The van der Waals surface area contributed by atoms with Crippen LogP contribution in [0.2, 0.25) is 5.02 Å². The summed E-state index contributed by atoms with van der Waals surface area (Å²) in [6.45, 7) is 2.47. The summed E-state index contributed by atoms with van der Waals surface area (Å²) in [5.41, 5.74) is 2.47. The number of hydrogen-bond donors (Lipinski definition) is 0. The van der Waals surface area contributed by atoms with Gasteiger partial charge in [0.1, 0.15) is 10.3 Å². The van der Waals surface area contributed by atoms with E-state index in [1.165, 1.54) is 15.6 Å². The molecule has 11 heteroatoms. The van der Waals surface area contributed by atoms with Gasteiger partial charge in [-0.3, -0.25) is 14.7 Å². The number of nitrogens with zero attached hydrogens (tertiary/aromatic N) is 4. The van der Waals surface area contributed by atoms with E-state index in [1.807, 2.05) is 31.2 Å². The molecule has 1 aliphatic heterocycles. The maximum Gasteiger partial charge on any atom is 0.253 e. The van der Waals surface area contributed by atoms with E-state index in [1.54, 1.807) is 34.8 Å². The summed E-state index contributed by atoms with van der Waals surface area (Å²) in [5, 5.41) is 2.85. The molecule has 1 aromatic carbocycles. The van der Waals surface area contributed by atoms with Crippen LogP contribution in [0.15, 0.2) is 58.4 Å². The lowest BCUT2D eigenvalue weighted by Gasteiger charge is -2.28. The monoisotopic (exact) mass is 532 g/mol. The molecule has 1 unspecified atom stereocenters. The largest absolute Gasteiger partial charge is 0.282 e. The maximum absolute atomic E-state index is 14.0. The molecule has 0 bridgehead atoms. The Kier molecular flexibility index (Phi) is 6.43. The quantitative estimate of drug-likeness (QED) is 0.345. The number of aryl methyl sites for hydroxylation is 1.